The fraction of sp³-hybridized carbons (Fsp3) is 0.444. The van der Waals surface area contributed by atoms with Crippen molar-refractivity contribution in [2.75, 3.05) is 6.54 Å². The van der Waals surface area contributed by atoms with Crippen LogP contribution in [0, 0.1) is 33.1 Å². The lowest BCUT2D eigenvalue weighted by Crippen LogP contribution is -2.57. The minimum atomic E-state index is -0.885. The highest BCUT2D eigenvalue weighted by atomic mass is 32.1. The van der Waals surface area contributed by atoms with Crippen LogP contribution in [0.5, 0.6) is 0 Å². The number of carbonyl (C=O) groups excluding carboxylic acids is 3. The molecule has 3 amide bonds. The van der Waals surface area contributed by atoms with E-state index in [9.17, 15) is 19.5 Å². The third-order valence-corrected chi connectivity index (χ3v) is 13.7. The molecule has 0 saturated carbocycles. The van der Waals surface area contributed by atoms with Crippen molar-refractivity contribution < 1.29 is 19.5 Å². The molecule has 12 nitrogen and oxygen atoms in total. The number of nitrogens with one attached hydrogen (secondary N) is 2. The lowest BCUT2D eigenvalue weighted by molar-refractivity contribution is -0.144. The number of aryl methyl sites for hydroxylation is 4. The number of thiazole rings is 1. The van der Waals surface area contributed by atoms with E-state index in [4.69, 9.17) is 4.99 Å². The summed E-state index contributed by atoms with van der Waals surface area (Å²) in [7, 11) is 0. The Morgan fingerprint density at radius 3 is 2.32 bits per heavy atom. The summed E-state index contributed by atoms with van der Waals surface area (Å²) in [5.74, 6) is 0.730. The normalized spacial score (nSPS) is 18.7. The number of rotatable bonds is 11. The number of aromatic nitrogens is 4. The number of amides is 3. The summed E-state index contributed by atoms with van der Waals surface area (Å²) >= 11 is 3.32. The van der Waals surface area contributed by atoms with Gasteiger partial charge >= 0.3 is 0 Å². The van der Waals surface area contributed by atoms with Crippen LogP contribution in [-0.2, 0) is 20.8 Å². The molecule has 310 valence electrons. The van der Waals surface area contributed by atoms with Crippen molar-refractivity contribution in [3.63, 3.8) is 0 Å². The van der Waals surface area contributed by atoms with E-state index < -0.39 is 23.6 Å². The average Bonchev–Trinajstić information content (AvgIpc) is 3.96. The van der Waals surface area contributed by atoms with Gasteiger partial charge in [-0.05, 0) is 82.1 Å². The first-order valence-electron chi connectivity index (χ1n) is 20.3. The number of aliphatic imine (C=N–C) groups is 1. The van der Waals surface area contributed by atoms with Gasteiger partial charge in [0.15, 0.2) is 5.82 Å². The van der Waals surface area contributed by atoms with Gasteiger partial charge in [0.1, 0.15) is 29.0 Å². The summed E-state index contributed by atoms with van der Waals surface area (Å²) in [4.78, 5) is 54.6. The number of nitrogens with zero attached hydrogens (tertiary/aromatic N) is 6. The second kappa shape index (κ2) is 16.9. The van der Waals surface area contributed by atoms with Crippen LogP contribution in [0.25, 0.3) is 15.4 Å². The summed E-state index contributed by atoms with van der Waals surface area (Å²) in [6.07, 6.45) is 0.773. The maximum atomic E-state index is 14.2. The molecule has 0 bridgehead atoms. The standard InChI is InChI=1S/C45H54N8O4S2/c1-24-28(5)59-44-37(24)38(47-27(4)41-51-50-29(6)53(41)44)32-15-13-30(14-16-32)11-10-12-36(55)49-40(45(7,8)9)43(57)52-22-34(54)21-35(52)42(56)48-25(2)31-17-19-33(20-18-31)39-26(3)46-23-58-39/h13-20,23,25,27,34-35,40,54H,10-12,21-22H2,1-9H3,(H,48,56)(H,49,55)/t25-,27-,34+,35-,40+/m0/s1. The highest BCUT2D eigenvalue weighted by Gasteiger charge is 2.44. The van der Waals surface area contributed by atoms with Crippen LogP contribution >= 0.6 is 22.7 Å². The summed E-state index contributed by atoms with van der Waals surface area (Å²) in [5.41, 5.74) is 9.52. The summed E-state index contributed by atoms with van der Waals surface area (Å²) in [5, 5.41) is 26.6. The maximum Gasteiger partial charge on any atom is 0.246 e. The Morgan fingerprint density at radius 2 is 1.66 bits per heavy atom. The second-order valence-corrected chi connectivity index (χ2v) is 19.0. The van der Waals surface area contributed by atoms with Crippen molar-refractivity contribution >= 4 is 46.1 Å². The van der Waals surface area contributed by atoms with Gasteiger partial charge < -0.3 is 20.6 Å². The highest BCUT2D eigenvalue weighted by molar-refractivity contribution is 7.15. The van der Waals surface area contributed by atoms with Crippen molar-refractivity contribution in [2.24, 2.45) is 10.4 Å². The lowest BCUT2D eigenvalue weighted by atomic mass is 9.85. The smallest absolute Gasteiger partial charge is 0.246 e. The van der Waals surface area contributed by atoms with E-state index in [0.717, 1.165) is 60.7 Å². The van der Waals surface area contributed by atoms with E-state index in [1.54, 1.807) is 22.7 Å². The van der Waals surface area contributed by atoms with Crippen LogP contribution in [0.4, 0.5) is 0 Å². The molecular formula is C45H54N8O4S2. The fourth-order valence-corrected chi connectivity index (χ4v) is 10.0. The minimum absolute atomic E-state index is 0.0196. The van der Waals surface area contributed by atoms with Crippen molar-refractivity contribution in [3.05, 3.63) is 104 Å². The Balaban J connectivity index is 0.964. The zero-order valence-corrected chi connectivity index (χ0v) is 36.9. The van der Waals surface area contributed by atoms with Crippen LogP contribution < -0.4 is 10.6 Å². The van der Waals surface area contributed by atoms with Gasteiger partial charge in [-0.3, -0.25) is 23.9 Å². The zero-order chi connectivity index (χ0) is 42.3. The van der Waals surface area contributed by atoms with Gasteiger partial charge in [0, 0.05) is 35.4 Å². The van der Waals surface area contributed by atoms with Crippen molar-refractivity contribution in [3.8, 4) is 15.4 Å². The van der Waals surface area contributed by atoms with Gasteiger partial charge in [0.25, 0.3) is 0 Å². The highest BCUT2D eigenvalue weighted by Crippen LogP contribution is 2.39. The Hall–Kier alpha value is -5.05. The number of aliphatic hydroxyl groups is 1. The summed E-state index contributed by atoms with van der Waals surface area (Å²) in [6.45, 7) is 17.9. The number of β-amino-alcohol motifs (C(OH)–C–C–N with tert-alkyl or cyclic N) is 1. The third-order valence-electron chi connectivity index (χ3n) is 11.5. The molecule has 5 heterocycles. The molecule has 5 aromatic rings. The Labute approximate surface area is 354 Å². The molecule has 2 aromatic carbocycles. The van der Waals surface area contributed by atoms with Gasteiger partial charge in [-0.25, -0.2) is 4.98 Å². The fourth-order valence-electron chi connectivity index (χ4n) is 8.01. The molecule has 59 heavy (non-hydrogen) atoms. The first kappa shape index (κ1) is 42.1. The van der Waals surface area contributed by atoms with E-state index >= 15 is 0 Å². The predicted octanol–water partition coefficient (Wildman–Crippen LogP) is 7.29. The Bertz CT molecular complexity index is 2390. The quantitative estimate of drug-likeness (QED) is 0.126. The van der Waals surface area contributed by atoms with Crippen LogP contribution in [0.3, 0.4) is 0 Å². The van der Waals surface area contributed by atoms with E-state index in [0.29, 0.717) is 12.8 Å². The van der Waals surface area contributed by atoms with E-state index in [-0.39, 0.29) is 49.2 Å². The van der Waals surface area contributed by atoms with E-state index in [1.165, 1.54) is 15.3 Å². The minimum Gasteiger partial charge on any atom is -0.391 e. The molecule has 0 aliphatic carbocycles. The molecular weight excluding hydrogens is 781 g/mol. The number of likely N-dealkylation sites (tertiary alicyclic amines) is 1. The average molecular weight is 835 g/mol. The lowest BCUT2D eigenvalue weighted by Gasteiger charge is -2.35. The van der Waals surface area contributed by atoms with Gasteiger partial charge in [-0.1, -0.05) is 69.3 Å². The summed E-state index contributed by atoms with van der Waals surface area (Å²) in [6, 6.07) is 14.2. The first-order chi connectivity index (χ1) is 28.0. The number of benzene rings is 2. The maximum absolute atomic E-state index is 14.2. The number of thiophene rings is 1. The third kappa shape index (κ3) is 8.66. The van der Waals surface area contributed by atoms with Crippen LogP contribution in [0.1, 0.15) is 116 Å². The molecule has 7 rings (SSSR count). The molecule has 2 aliphatic rings. The Kier molecular flexibility index (Phi) is 12.1. The molecule has 0 spiro atoms. The molecule has 3 aromatic heterocycles. The largest absolute Gasteiger partial charge is 0.391 e. The summed E-state index contributed by atoms with van der Waals surface area (Å²) < 4.78 is 2.13. The van der Waals surface area contributed by atoms with Crippen LogP contribution in [-0.4, -0.2) is 77.9 Å². The number of fused-ring (bicyclic) bond motifs is 3. The van der Waals surface area contributed by atoms with Crippen LogP contribution in [0.2, 0.25) is 0 Å². The Morgan fingerprint density at radius 1 is 0.966 bits per heavy atom. The number of hydrogen-bond donors (Lipinski definition) is 3. The molecule has 0 radical (unpaired) electrons. The molecule has 1 fully saturated rings. The topological polar surface area (TPSA) is 155 Å². The number of hydrogen-bond acceptors (Lipinski definition) is 10. The number of carbonyl (C=O) groups is 3. The van der Waals surface area contributed by atoms with E-state index in [1.807, 2.05) is 78.2 Å². The first-order valence-corrected chi connectivity index (χ1v) is 22.0. The molecule has 14 heteroatoms. The molecule has 5 atom stereocenters. The second-order valence-electron chi connectivity index (χ2n) is 17.0. The van der Waals surface area contributed by atoms with Gasteiger partial charge in [-0.2, -0.15) is 0 Å². The zero-order valence-electron chi connectivity index (χ0n) is 35.3. The van der Waals surface area contributed by atoms with Crippen molar-refractivity contribution in [2.45, 2.75) is 118 Å². The van der Waals surface area contributed by atoms with Crippen molar-refractivity contribution in [1.82, 2.24) is 35.3 Å². The van der Waals surface area contributed by atoms with Gasteiger partial charge in [0.05, 0.1) is 33.9 Å². The molecule has 3 N–H and O–H groups in total. The SMILES string of the molecule is Cc1ncsc1-c1ccc([C@H](C)NC(=O)[C@@H]2C[C@@H](O)CN2C(=O)[C@@H](NC(=O)CCCc2ccc(C3=N[C@@H](C)c4nnc(C)n4-c4sc(C)c(C)c43)cc2)C(C)(C)C)cc1. The molecule has 2 aliphatic heterocycles. The monoisotopic (exact) mass is 834 g/mol. The number of aliphatic hydroxyl groups excluding tert-OH is 1. The molecule has 0 unspecified atom stereocenters. The van der Waals surface area contributed by atoms with Crippen LogP contribution in [0.15, 0.2) is 59.0 Å². The van der Waals surface area contributed by atoms with E-state index in [2.05, 4.69) is 68.5 Å². The predicted molar refractivity (Wildman–Crippen MR) is 233 cm³/mol. The van der Waals surface area contributed by atoms with Gasteiger partial charge in [0.2, 0.25) is 17.7 Å². The van der Waals surface area contributed by atoms with Crippen molar-refractivity contribution in [1.29, 1.82) is 0 Å². The van der Waals surface area contributed by atoms with Gasteiger partial charge in [-0.15, -0.1) is 32.9 Å². The molecule has 1 saturated heterocycles.